The molecule has 0 bridgehead atoms. The van der Waals surface area contributed by atoms with E-state index in [1.807, 2.05) is 67.6 Å². The van der Waals surface area contributed by atoms with Gasteiger partial charge in [0.2, 0.25) is 5.91 Å². The van der Waals surface area contributed by atoms with Crippen LogP contribution < -0.4 is 15.6 Å². The quantitative estimate of drug-likeness (QED) is 0.271. The zero-order chi connectivity index (χ0) is 24.1. The predicted molar refractivity (Wildman–Crippen MR) is 138 cm³/mol. The Morgan fingerprint density at radius 2 is 1.74 bits per heavy atom. The number of ether oxygens (including phenoxy) is 1. The molecule has 0 fully saturated rings. The highest BCUT2D eigenvalue weighted by Crippen LogP contribution is 2.28. The minimum atomic E-state index is -0.510. The largest absolute Gasteiger partial charge is 0.492 e. The third-order valence-electron chi connectivity index (χ3n) is 5.44. The normalized spacial score (nSPS) is 11.9. The summed E-state index contributed by atoms with van der Waals surface area (Å²) in [5.74, 6) is 0.416. The molecule has 174 valence electrons. The van der Waals surface area contributed by atoms with Crippen molar-refractivity contribution in [3.05, 3.63) is 88.7 Å². The average molecular weight is 474 g/mol. The van der Waals surface area contributed by atoms with Gasteiger partial charge in [-0.1, -0.05) is 55.1 Å². The van der Waals surface area contributed by atoms with Gasteiger partial charge in [-0.25, -0.2) is 4.98 Å². The first kappa shape index (κ1) is 23.6. The average Bonchev–Trinajstić information content (AvgIpc) is 2.86. The number of hydrogen-bond donors (Lipinski definition) is 1. The van der Waals surface area contributed by atoms with Crippen LogP contribution >= 0.6 is 11.8 Å². The number of carbonyl (C=O) groups excluding carboxylic acids is 1. The van der Waals surface area contributed by atoms with E-state index in [1.165, 1.54) is 17.3 Å². The van der Waals surface area contributed by atoms with Gasteiger partial charge >= 0.3 is 0 Å². The van der Waals surface area contributed by atoms with Gasteiger partial charge < -0.3 is 10.1 Å². The third kappa shape index (κ3) is 4.99. The fraction of sp³-hybridized carbons (Fsp3) is 0.222. The number of nitrogens with zero attached hydrogens (tertiary/aromatic N) is 2. The summed E-state index contributed by atoms with van der Waals surface area (Å²) < 4.78 is 7.20. The highest BCUT2D eigenvalue weighted by molar-refractivity contribution is 8.00. The number of anilines is 1. The molecular formula is C27H27N3O3S. The summed E-state index contributed by atoms with van der Waals surface area (Å²) in [4.78, 5) is 31.3. The Balaban J connectivity index is 1.69. The molecule has 0 aliphatic carbocycles. The van der Waals surface area contributed by atoms with Crippen LogP contribution in [-0.2, 0) is 11.2 Å². The molecule has 6 nitrogen and oxygen atoms in total. The standard InChI is InChI=1S/C27H27N3O3S/c1-4-19-14-16-20(17-15-19)30-26(32)21-10-6-7-11-22(21)29-27(30)34-18(3)25(31)28-23-12-8-9-13-24(23)33-5-2/h6-18H,4-5H2,1-3H3,(H,28,31). The SMILES string of the molecule is CCOc1ccccc1NC(=O)C(C)Sc1nc2ccccc2c(=O)n1-c1ccc(CC)cc1. The smallest absolute Gasteiger partial charge is 0.266 e. The van der Waals surface area contributed by atoms with Crippen LogP contribution in [0.4, 0.5) is 5.69 Å². The molecule has 1 heterocycles. The lowest BCUT2D eigenvalue weighted by atomic mass is 10.1. The van der Waals surface area contributed by atoms with E-state index < -0.39 is 5.25 Å². The van der Waals surface area contributed by atoms with Crippen LogP contribution in [-0.4, -0.2) is 27.3 Å². The van der Waals surface area contributed by atoms with Crippen molar-refractivity contribution in [2.24, 2.45) is 0 Å². The fourth-order valence-corrected chi connectivity index (χ4v) is 4.52. The van der Waals surface area contributed by atoms with Crippen molar-refractivity contribution in [3.8, 4) is 11.4 Å². The van der Waals surface area contributed by atoms with Gasteiger partial charge in [0.15, 0.2) is 5.16 Å². The highest BCUT2D eigenvalue weighted by atomic mass is 32.2. The van der Waals surface area contributed by atoms with Crippen LogP contribution in [0.1, 0.15) is 26.3 Å². The molecular weight excluding hydrogens is 446 g/mol. The van der Waals surface area contributed by atoms with Crippen LogP contribution in [0, 0.1) is 0 Å². The summed E-state index contributed by atoms with van der Waals surface area (Å²) in [6.07, 6.45) is 0.910. The van der Waals surface area contributed by atoms with Crippen molar-refractivity contribution >= 4 is 34.3 Å². The highest BCUT2D eigenvalue weighted by Gasteiger charge is 2.21. The van der Waals surface area contributed by atoms with Crippen molar-refractivity contribution in [2.75, 3.05) is 11.9 Å². The summed E-state index contributed by atoms with van der Waals surface area (Å²) in [6.45, 7) is 6.29. The number of aromatic nitrogens is 2. The molecule has 4 rings (SSSR count). The number of thioether (sulfide) groups is 1. The second-order valence-electron chi connectivity index (χ2n) is 7.75. The molecule has 0 aliphatic rings. The van der Waals surface area contributed by atoms with Gasteiger partial charge in [-0.3, -0.25) is 14.2 Å². The van der Waals surface area contributed by atoms with Gasteiger partial charge in [-0.15, -0.1) is 0 Å². The molecule has 7 heteroatoms. The van der Waals surface area contributed by atoms with Gasteiger partial charge in [0.25, 0.3) is 5.56 Å². The number of benzene rings is 3. The summed E-state index contributed by atoms with van der Waals surface area (Å²) in [5.41, 5.74) is 2.95. The van der Waals surface area contributed by atoms with E-state index in [-0.39, 0.29) is 11.5 Å². The van der Waals surface area contributed by atoms with Crippen LogP contribution in [0.5, 0.6) is 5.75 Å². The summed E-state index contributed by atoms with van der Waals surface area (Å²) in [5, 5.41) is 3.43. The van der Waals surface area contributed by atoms with Gasteiger partial charge in [-0.2, -0.15) is 0 Å². The molecule has 3 aromatic carbocycles. The Bertz CT molecular complexity index is 1370. The van der Waals surface area contributed by atoms with E-state index in [1.54, 1.807) is 23.6 Å². The number of carbonyl (C=O) groups is 1. The Labute approximate surface area is 203 Å². The van der Waals surface area contributed by atoms with Gasteiger partial charge in [-0.05, 0) is 62.2 Å². The lowest BCUT2D eigenvalue weighted by Gasteiger charge is -2.17. The van der Waals surface area contributed by atoms with Crippen molar-refractivity contribution in [1.29, 1.82) is 0 Å². The zero-order valence-electron chi connectivity index (χ0n) is 19.4. The number of amides is 1. The molecule has 0 saturated heterocycles. The molecule has 4 aromatic rings. The Hall–Kier alpha value is -3.58. The summed E-state index contributed by atoms with van der Waals surface area (Å²) in [6, 6.07) is 22.5. The first-order valence-corrected chi connectivity index (χ1v) is 12.2. The lowest BCUT2D eigenvalue weighted by molar-refractivity contribution is -0.115. The maximum absolute atomic E-state index is 13.5. The molecule has 1 unspecified atom stereocenters. The summed E-state index contributed by atoms with van der Waals surface area (Å²) >= 11 is 1.25. The van der Waals surface area contributed by atoms with Crippen LogP contribution in [0.15, 0.2) is 82.7 Å². The molecule has 0 aliphatic heterocycles. The molecule has 0 radical (unpaired) electrons. The zero-order valence-corrected chi connectivity index (χ0v) is 20.3. The van der Waals surface area contributed by atoms with Gasteiger partial charge in [0.05, 0.1) is 34.1 Å². The summed E-state index contributed by atoms with van der Waals surface area (Å²) in [7, 11) is 0. The van der Waals surface area contributed by atoms with E-state index in [2.05, 4.69) is 12.2 Å². The number of aryl methyl sites for hydroxylation is 1. The van der Waals surface area contributed by atoms with Crippen molar-refractivity contribution in [1.82, 2.24) is 9.55 Å². The van der Waals surface area contributed by atoms with Crippen molar-refractivity contribution in [3.63, 3.8) is 0 Å². The van der Waals surface area contributed by atoms with Crippen LogP contribution in [0.3, 0.4) is 0 Å². The Morgan fingerprint density at radius 1 is 1.03 bits per heavy atom. The van der Waals surface area contributed by atoms with E-state index in [9.17, 15) is 9.59 Å². The minimum Gasteiger partial charge on any atom is -0.492 e. The van der Waals surface area contributed by atoms with Gasteiger partial charge in [0.1, 0.15) is 5.75 Å². The molecule has 0 spiro atoms. The molecule has 34 heavy (non-hydrogen) atoms. The number of rotatable bonds is 8. The van der Waals surface area contributed by atoms with E-state index in [0.717, 1.165) is 12.1 Å². The third-order valence-corrected chi connectivity index (χ3v) is 6.50. The molecule has 1 aromatic heterocycles. The first-order valence-electron chi connectivity index (χ1n) is 11.3. The number of fused-ring (bicyclic) bond motifs is 1. The number of hydrogen-bond acceptors (Lipinski definition) is 5. The monoisotopic (exact) mass is 473 g/mol. The number of para-hydroxylation sites is 3. The maximum atomic E-state index is 13.5. The lowest BCUT2D eigenvalue weighted by Crippen LogP contribution is -2.26. The Kier molecular flexibility index (Phi) is 7.33. The van der Waals surface area contributed by atoms with Crippen molar-refractivity contribution < 1.29 is 9.53 Å². The minimum absolute atomic E-state index is 0.161. The first-order chi connectivity index (χ1) is 16.5. The fourth-order valence-electron chi connectivity index (χ4n) is 3.60. The van der Waals surface area contributed by atoms with E-state index in [0.29, 0.717) is 34.1 Å². The molecule has 1 amide bonds. The van der Waals surface area contributed by atoms with Crippen LogP contribution in [0.2, 0.25) is 0 Å². The van der Waals surface area contributed by atoms with E-state index >= 15 is 0 Å². The topological polar surface area (TPSA) is 73.2 Å². The van der Waals surface area contributed by atoms with Gasteiger partial charge in [0, 0.05) is 0 Å². The van der Waals surface area contributed by atoms with E-state index in [4.69, 9.17) is 9.72 Å². The van der Waals surface area contributed by atoms with Crippen LogP contribution in [0.25, 0.3) is 16.6 Å². The Morgan fingerprint density at radius 3 is 2.47 bits per heavy atom. The molecule has 0 saturated carbocycles. The maximum Gasteiger partial charge on any atom is 0.266 e. The predicted octanol–water partition coefficient (Wildman–Crippen LogP) is 5.47. The van der Waals surface area contributed by atoms with Crippen molar-refractivity contribution in [2.45, 2.75) is 37.6 Å². The second-order valence-corrected chi connectivity index (χ2v) is 9.06. The second kappa shape index (κ2) is 10.6. The molecule has 1 N–H and O–H groups in total. The number of nitrogens with one attached hydrogen (secondary N) is 1. The molecule has 1 atom stereocenters.